The van der Waals surface area contributed by atoms with Crippen LogP contribution in [0, 0.1) is 0 Å². The van der Waals surface area contributed by atoms with Crippen LogP contribution >= 0.6 is 0 Å². The van der Waals surface area contributed by atoms with Crippen LogP contribution in [0.1, 0.15) is 37.1 Å². The van der Waals surface area contributed by atoms with E-state index in [0.29, 0.717) is 17.3 Å². The fourth-order valence-corrected chi connectivity index (χ4v) is 2.33. The Morgan fingerprint density at radius 1 is 1.12 bits per heavy atom. The Kier molecular flexibility index (Phi) is 5.76. The van der Waals surface area contributed by atoms with Crippen molar-refractivity contribution in [3.63, 3.8) is 0 Å². The molecule has 24 heavy (non-hydrogen) atoms. The average molecular weight is 329 g/mol. The van der Waals surface area contributed by atoms with Crippen LogP contribution in [0.3, 0.4) is 0 Å². The number of aliphatic hydroxyl groups excluding tert-OH is 1. The maximum absolute atomic E-state index is 11.9. The van der Waals surface area contributed by atoms with E-state index in [9.17, 15) is 14.7 Å². The molecule has 0 bridgehead atoms. The van der Waals surface area contributed by atoms with E-state index in [1.54, 1.807) is 42.1 Å². The molecular formula is C18H23N3O3. The largest absolute Gasteiger partial charge is 0.385 e. The molecule has 0 spiro atoms. The van der Waals surface area contributed by atoms with Crippen molar-refractivity contribution >= 4 is 17.5 Å². The van der Waals surface area contributed by atoms with Crippen molar-refractivity contribution in [2.24, 2.45) is 7.05 Å². The number of anilines is 1. The highest BCUT2D eigenvalue weighted by atomic mass is 16.3. The molecule has 2 aromatic rings. The standard InChI is InChI=1S/C18H23N3O3/c1-12(2)13-6-8-14(9-7-13)20-18(24)17(23)19-11-16(22)15-5-4-10-21(15)3/h4-10,12,16,22H,11H2,1-3H3,(H,19,23)(H,20,24). The first-order valence-corrected chi connectivity index (χ1v) is 7.87. The van der Waals surface area contributed by atoms with Crippen LogP contribution in [0.4, 0.5) is 5.69 Å². The minimum Gasteiger partial charge on any atom is -0.385 e. The molecule has 0 saturated carbocycles. The number of carbonyl (C=O) groups excluding carboxylic acids is 2. The van der Waals surface area contributed by atoms with Gasteiger partial charge in [0.15, 0.2) is 0 Å². The molecule has 0 saturated heterocycles. The zero-order chi connectivity index (χ0) is 17.7. The number of benzene rings is 1. The normalized spacial score (nSPS) is 12.0. The fraction of sp³-hybridized carbons (Fsp3) is 0.333. The Labute approximate surface area is 141 Å². The molecule has 0 radical (unpaired) electrons. The summed E-state index contributed by atoms with van der Waals surface area (Å²) in [6, 6.07) is 10.9. The monoisotopic (exact) mass is 329 g/mol. The van der Waals surface area contributed by atoms with Gasteiger partial charge in [-0.05, 0) is 35.7 Å². The summed E-state index contributed by atoms with van der Waals surface area (Å²) >= 11 is 0. The summed E-state index contributed by atoms with van der Waals surface area (Å²) in [4.78, 5) is 23.7. The summed E-state index contributed by atoms with van der Waals surface area (Å²) in [5.74, 6) is -1.14. The number of carbonyl (C=O) groups is 2. The molecular weight excluding hydrogens is 306 g/mol. The zero-order valence-corrected chi connectivity index (χ0v) is 14.1. The number of hydrogen-bond acceptors (Lipinski definition) is 3. The number of aryl methyl sites for hydroxylation is 1. The molecule has 6 heteroatoms. The molecule has 1 unspecified atom stereocenters. The second kappa shape index (κ2) is 7.79. The van der Waals surface area contributed by atoms with Gasteiger partial charge in [-0.1, -0.05) is 26.0 Å². The van der Waals surface area contributed by atoms with E-state index in [-0.39, 0.29) is 6.54 Å². The number of rotatable bonds is 5. The van der Waals surface area contributed by atoms with Gasteiger partial charge >= 0.3 is 11.8 Å². The highest BCUT2D eigenvalue weighted by molar-refractivity contribution is 6.39. The highest BCUT2D eigenvalue weighted by Gasteiger charge is 2.17. The number of aromatic nitrogens is 1. The van der Waals surface area contributed by atoms with Crippen molar-refractivity contribution in [2.45, 2.75) is 25.9 Å². The van der Waals surface area contributed by atoms with Crippen LogP contribution in [0.2, 0.25) is 0 Å². The third-order valence-corrected chi connectivity index (χ3v) is 3.82. The fourth-order valence-electron chi connectivity index (χ4n) is 2.33. The van der Waals surface area contributed by atoms with Gasteiger partial charge in [0.25, 0.3) is 0 Å². The van der Waals surface area contributed by atoms with E-state index in [4.69, 9.17) is 0 Å². The first-order valence-electron chi connectivity index (χ1n) is 7.87. The van der Waals surface area contributed by atoms with E-state index in [1.165, 1.54) is 0 Å². The van der Waals surface area contributed by atoms with Crippen molar-refractivity contribution in [3.8, 4) is 0 Å². The van der Waals surface area contributed by atoms with Gasteiger partial charge in [-0.25, -0.2) is 0 Å². The minimum absolute atomic E-state index is 0.0314. The quantitative estimate of drug-likeness (QED) is 0.733. The summed E-state index contributed by atoms with van der Waals surface area (Å²) < 4.78 is 1.76. The number of hydrogen-bond donors (Lipinski definition) is 3. The summed E-state index contributed by atoms with van der Waals surface area (Å²) in [6.07, 6.45) is 0.931. The van der Waals surface area contributed by atoms with E-state index >= 15 is 0 Å². The topological polar surface area (TPSA) is 83.4 Å². The second-order valence-electron chi connectivity index (χ2n) is 6.00. The van der Waals surface area contributed by atoms with Gasteiger partial charge in [-0.3, -0.25) is 9.59 Å². The molecule has 0 fully saturated rings. The number of nitrogens with one attached hydrogen (secondary N) is 2. The van der Waals surface area contributed by atoms with Gasteiger partial charge in [0, 0.05) is 31.2 Å². The molecule has 0 aliphatic carbocycles. The van der Waals surface area contributed by atoms with Crippen molar-refractivity contribution in [3.05, 3.63) is 53.9 Å². The highest BCUT2D eigenvalue weighted by Crippen LogP contribution is 2.17. The molecule has 1 aromatic heterocycles. The Morgan fingerprint density at radius 3 is 2.33 bits per heavy atom. The lowest BCUT2D eigenvalue weighted by Gasteiger charge is -2.13. The van der Waals surface area contributed by atoms with Crippen molar-refractivity contribution in [2.75, 3.05) is 11.9 Å². The van der Waals surface area contributed by atoms with Gasteiger partial charge < -0.3 is 20.3 Å². The molecule has 1 heterocycles. The Bertz CT molecular complexity index is 705. The number of amides is 2. The first kappa shape index (κ1) is 17.7. The predicted molar refractivity (Wildman–Crippen MR) is 92.5 cm³/mol. The average Bonchev–Trinajstić information content (AvgIpc) is 2.98. The second-order valence-corrected chi connectivity index (χ2v) is 6.00. The molecule has 0 aliphatic heterocycles. The van der Waals surface area contributed by atoms with Gasteiger partial charge in [0.05, 0.1) is 0 Å². The molecule has 2 amide bonds. The lowest BCUT2D eigenvalue weighted by molar-refractivity contribution is -0.136. The smallest absolute Gasteiger partial charge is 0.313 e. The van der Waals surface area contributed by atoms with Crippen LogP contribution in [0.5, 0.6) is 0 Å². The molecule has 1 aromatic carbocycles. The maximum Gasteiger partial charge on any atom is 0.313 e. The van der Waals surface area contributed by atoms with E-state index in [0.717, 1.165) is 5.56 Å². The van der Waals surface area contributed by atoms with Gasteiger partial charge in [-0.2, -0.15) is 0 Å². The molecule has 6 nitrogen and oxygen atoms in total. The molecule has 3 N–H and O–H groups in total. The Morgan fingerprint density at radius 2 is 1.79 bits per heavy atom. The SMILES string of the molecule is CC(C)c1ccc(NC(=O)C(=O)NCC(O)c2cccn2C)cc1. The van der Waals surface area contributed by atoms with Crippen molar-refractivity contribution < 1.29 is 14.7 Å². The summed E-state index contributed by atoms with van der Waals surface area (Å²) in [5.41, 5.74) is 2.38. The summed E-state index contributed by atoms with van der Waals surface area (Å²) in [7, 11) is 1.80. The van der Waals surface area contributed by atoms with Crippen LogP contribution in [0.15, 0.2) is 42.6 Å². The molecule has 0 aliphatic rings. The lowest BCUT2D eigenvalue weighted by Crippen LogP contribution is -2.37. The Balaban J connectivity index is 1.86. The van der Waals surface area contributed by atoms with Crippen LogP contribution in [0.25, 0.3) is 0 Å². The van der Waals surface area contributed by atoms with E-state index in [1.807, 2.05) is 12.1 Å². The van der Waals surface area contributed by atoms with Gasteiger partial charge in [-0.15, -0.1) is 0 Å². The van der Waals surface area contributed by atoms with Crippen LogP contribution in [-0.4, -0.2) is 28.0 Å². The number of aliphatic hydroxyl groups is 1. The predicted octanol–water partition coefficient (Wildman–Crippen LogP) is 1.94. The third-order valence-electron chi connectivity index (χ3n) is 3.82. The van der Waals surface area contributed by atoms with Crippen LogP contribution < -0.4 is 10.6 Å². The van der Waals surface area contributed by atoms with E-state index in [2.05, 4.69) is 24.5 Å². The molecule has 1 atom stereocenters. The zero-order valence-electron chi connectivity index (χ0n) is 14.1. The van der Waals surface area contributed by atoms with E-state index < -0.39 is 17.9 Å². The van der Waals surface area contributed by atoms with Crippen LogP contribution in [-0.2, 0) is 16.6 Å². The molecule has 128 valence electrons. The van der Waals surface area contributed by atoms with Gasteiger partial charge in [0.1, 0.15) is 6.10 Å². The third kappa shape index (κ3) is 4.45. The van der Waals surface area contributed by atoms with Crippen molar-refractivity contribution in [1.29, 1.82) is 0 Å². The summed E-state index contributed by atoms with van der Waals surface area (Å²) in [6.45, 7) is 4.13. The summed E-state index contributed by atoms with van der Waals surface area (Å²) in [5, 5.41) is 15.0. The number of nitrogens with zero attached hydrogens (tertiary/aromatic N) is 1. The maximum atomic E-state index is 11.9. The minimum atomic E-state index is -0.868. The first-order chi connectivity index (χ1) is 11.4. The van der Waals surface area contributed by atoms with Crippen molar-refractivity contribution in [1.82, 2.24) is 9.88 Å². The van der Waals surface area contributed by atoms with Gasteiger partial charge in [0.2, 0.25) is 0 Å². The Hall–Kier alpha value is -2.60. The lowest BCUT2D eigenvalue weighted by atomic mass is 10.0. The molecule has 2 rings (SSSR count).